The molecule has 0 radical (unpaired) electrons. The van der Waals surface area contributed by atoms with E-state index in [1.807, 2.05) is 12.1 Å². The van der Waals surface area contributed by atoms with Gasteiger partial charge in [-0.1, -0.05) is 0 Å². The number of nitrogens with one attached hydrogen (secondary N) is 1. The molecular weight excluding hydrogens is 360 g/mol. The molecule has 10 nitrogen and oxygen atoms in total. The summed E-state index contributed by atoms with van der Waals surface area (Å²) >= 11 is 0. The van der Waals surface area contributed by atoms with Crippen molar-refractivity contribution in [1.29, 1.82) is 0 Å². The van der Waals surface area contributed by atoms with Crippen LogP contribution in [0.1, 0.15) is 0 Å². The lowest BCUT2D eigenvalue weighted by molar-refractivity contribution is 0.122. The lowest BCUT2D eigenvalue weighted by Gasteiger charge is -2.28. The van der Waals surface area contributed by atoms with E-state index in [2.05, 4.69) is 29.9 Å². The average Bonchev–Trinajstić information content (AvgIpc) is 3.41. The lowest BCUT2D eigenvalue weighted by Crippen LogP contribution is -2.37. The zero-order valence-corrected chi connectivity index (χ0v) is 15.2. The third kappa shape index (κ3) is 2.93. The molecule has 5 rings (SSSR count). The van der Waals surface area contributed by atoms with Crippen molar-refractivity contribution in [3.05, 3.63) is 36.9 Å². The van der Waals surface area contributed by atoms with Crippen LogP contribution in [0.5, 0.6) is 5.75 Å². The molecule has 142 valence electrons. The maximum absolute atomic E-state index is 5.49. The molecule has 1 fully saturated rings. The molecule has 0 bridgehead atoms. The summed E-state index contributed by atoms with van der Waals surface area (Å²) in [5, 5.41) is 4.29. The van der Waals surface area contributed by atoms with Gasteiger partial charge in [-0.25, -0.2) is 9.67 Å². The molecule has 1 N–H and O–H groups in total. The van der Waals surface area contributed by atoms with Crippen LogP contribution in [0.3, 0.4) is 0 Å². The first-order valence-electron chi connectivity index (χ1n) is 8.92. The molecule has 1 aliphatic heterocycles. The van der Waals surface area contributed by atoms with Crippen molar-refractivity contribution in [2.24, 2.45) is 0 Å². The number of morpholine rings is 1. The van der Waals surface area contributed by atoms with E-state index in [9.17, 15) is 0 Å². The molecule has 0 saturated carbocycles. The summed E-state index contributed by atoms with van der Waals surface area (Å²) in [4.78, 5) is 23.7. The Bertz CT molecular complexity index is 1100. The Hall–Kier alpha value is -3.53. The number of H-pyrrole nitrogens is 1. The third-order valence-corrected chi connectivity index (χ3v) is 4.58. The van der Waals surface area contributed by atoms with Crippen molar-refractivity contribution in [2.75, 3.05) is 38.3 Å². The highest BCUT2D eigenvalue weighted by Gasteiger charge is 2.21. The van der Waals surface area contributed by atoms with Gasteiger partial charge in [0.1, 0.15) is 11.3 Å². The minimum absolute atomic E-state index is 0.435. The predicted octanol–water partition coefficient (Wildman–Crippen LogP) is 1.45. The number of hydrogen-bond donors (Lipinski definition) is 1. The van der Waals surface area contributed by atoms with Crippen molar-refractivity contribution < 1.29 is 9.47 Å². The highest BCUT2D eigenvalue weighted by Crippen LogP contribution is 2.27. The Morgan fingerprint density at radius 2 is 1.93 bits per heavy atom. The van der Waals surface area contributed by atoms with Crippen LogP contribution in [0.4, 0.5) is 5.82 Å². The molecule has 0 spiro atoms. The van der Waals surface area contributed by atoms with Crippen LogP contribution in [0.25, 0.3) is 28.5 Å². The monoisotopic (exact) mass is 378 g/mol. The smallest absolute Gasteiger partial charge is 0.254 e. The number of nitrogens with zero attached hydrogens (tertiary/aromatic N) is 7. The van der Waals surface area contributed by atoms with Crippen LogP contribution >= 0.6 is 0 Å². The van der Waals surface area contributed by atoms with Gasteiger partial charge in [0.25, 0.3) is 5.95 Å². The Morgan fingerprint density at radius 1 is 1.11 bits per heavy atom. The minimum atomic E-state index is 0.435. The normalized spacial score (nSPS) is 14.5. The maximum Gasteiger partial charge on any atom is 0.254 e. The summed E-state index contributed by atoms with van der Waals surface area (Å²) in [5.74, 6) is 2.57. The van der Waals surface area contributed by atoms with Crippen LogP contribution < -0.4 is 9.64 Å². The van der Waals surface area contributed by atoms with Gasteiger partial charge < -0.3 is 19.4 Å². The summed E-state index contributed by atoms with van der Waals surface area (Å²) < 4.78 is 12.3. The largest absolute Gasteiger partial charge is 0.493 e. The molecule has 4 aromatic rings. The van der Waals surface area contributed by atoms with E-state index in [1.54, 1.807) is 36.6 Å². The van der Waals surface area contributed by atoms with Crippen LogP contribution in [0.15, 0.2) is 36.9 Å². The molecule has 1 saturated heterocycles. The van der Waals surface area contributed by atoms with E-state index < -0.39 is 0 Å². The fourth-order valence-corrected chi connectivity index (χ4v) is 3.15. The summed E-state index contributed by atoms with van der Waals surface area (Å²) in [7, 11) is 1.60. The fraction of sp³-hybridized carbons (Fsp3) is 0.278. The van der Waals surface area contributed by atoms with Gasteiger partial charge in [-0.2, -0.15) is 15.1 Å². The first-order valence-corrected chi connectivity index (χ1v) is 8.92. The number of hydrogen-bond acceptors (Lipinski definition) is 8. The molecule has 10 heteroatoms. The fourth-order valence-electron chi connectivity index (χ4n) is 3.15. The Kier molecular flexibility index (Phi) is 4.09. The second-order valence-corrected chi connectivity index (χ2v) is 6.29. The van der Waals surface area contributed by atoms with E-state index in [1.165, 1.54) is 0 Å². The highest BCUT2D eigenvalue weighted by atomic mass is 16.5. The molecule has 5 heterocycles. The molecule has 28 heavy (non-hydrogen) atoms. The molecule has 1 aliphatic rings. The first-order chi connectivity index (χ1) is 13.8. The number of imidazole rings is 1. The Morgan fingerprint density at radius 3 is 2.68 bits per heavy atom. The van der Waals surface area contributed by atoms with Crippen LogP contribution in [-0.4, -0.2) is 68.1 Å². The van der Waals surface area contributed by atoms with Crippen molar-refractivity contribution >= 4 is 17.0 Å². The first kappa shape index (κ1) is 16.6. The van der Waals surface area contributed by atoms with Gasteiger partial charge in [0.05, 0.1) is 32.7 Å². The number of rotatable bonds is 4. The number of aromatic nitrogens is 7. The number of ether oxygens (including phenoxy) is 2. The second-order valence-electron chi connectivity index (χ2n) is 6.29. The number of methoxy groups -OCH3 is 1. The van der Waals surface area contributed by atoms with E-state index in [4.69, 9.17) is 14.5 Å². The van der Waals surface area contributed by atoms with Gasteiger partial charge in [0, 0.05) is 31.0 Å². The quantitative estimate of drug-likeness (QED) is 0.569. The van der Waals surface area contributed by atoms with E-state index in [-0.39, 0.29) is 0 Å². The summed E-state index contributed by atoms with van der Waals surface area (Å²) in [6, 6.07) is 3.80. The number of pyridine rings is 1. The van der Waals surface area contributed by atoms with Gasteiger partial charge >= 0.3 is 0 Å². The molecule has 0 atom stereocenters. The molecular formula is C18H18N8O2. The van der Waals surface area contributed by atoms with Crippen LogP contribution in [-0.2, 0) is 4.74 Å². The zero-order chi connectivity index (χ0) is 18.9. The van der Waals surface area contributed by atoms with E-state index in [0.29, 0.717) is 30.6 Å². The summed E-state index contributed by atoms with van der Waals surface area (Å²) in [6.45, 7) is 2.80. The summed E-state index contributed by atoms with van der Waals surface area (Å²) in [6.07, 6.45) is 6.83. The standard InChI is InChI=1S/C18H18N8O2/c1-27-13-10-20-26(11-13)18-23-16-14(17(24-18)25-6-8-28-9-7-25)21-15(22-16)12-2-4-19-5-3-12/h2-5,10-11H,6-9H2,1H3,(H,21,22,23,24). The molecule has 0 unspecified atom stereocenters. The molecule has 0 aromatic carbocycles. The van der Waals surface area contributed by atoms with E-state index in [0.717, 1.165) is 35.8 Å². The average molecular weight is 378 g/mol. The van der Waals surface area contributed by atoms with Crippen LogP contribution in [0.2, 0.25) is 0 Å². The van der Waals surface area contributed by atoms with Crippen molar-refractivity contribution in [3.8, 4) is 23.1 Å². The summed E-state index contributed by atoms with van der Waals surface area (Å²) in [5.41, 5.74) is 2.30. The maximum atomic E-state index is 5.49. The van der Waals surface area contributed by atoms with Gasteiger partial charge in [-0.15, -0.1) is 0 Å². The van der Waals surface area contributed by atoms with Crippen molar-refractivity contribution in [2.45, 2.75) is 0 Å². The van der Waals surface area contributed by atoms with Gasteiger partial charge in [0.15, 0.2) is 17.2 Å². The van der Waals surface area contributed by atoms with E-state index >= 15 is 0 Å². The zero-order valence-electron chi connectivity index (χ0n) is 15.2. The van der Waals surface area contributed by atoms with Gasteiger partial charge in [-0.3, -0.25) is 4.98 Å². The lowest BCUT2D eigenvalue weighted by atomic mass is 10.2. The van der Waals surface area contributed by atoms with Crippen LogP contribution in [0, 0.1) is 0 Å². The predicted molar refractivity (Wildman–Crippen MR) is 102 cm³/mol. The Balaban J connectivity index is 1.67. The van der Waals surface area contributed by atoms with Crippen molar-refractivity contribution in [3.63, 3.8) is 0 Å². The SMILES string of the molecule is COc1cnn(-c2nc(N3CCOCC3)c3[nH]c(-c4ccncc4)nc3n2)c1. The number of fused-ring (bicyclic) bond motifs is 1. The highest BCUT2D eigenvalue weighted by molar-refractivity contribution is 5.86. The molecule has 0 amide bonds. The van der Waals surface area contributed by atoms with Gasteiger partial charge in [-0.05, 0) is 12.1 Å². The van der Waals surface area contributed by atoms with Crippen molar-refractivity contribution in [1.82, 2.24) is 34.7 Å². The molecule has 4 aromatic heterocycles. The Labute approximate surface area is 160 Å². The third-order valence-electron chi connectivity index (χ3n) is 4.58. The molecule has 0 aliphatic carbocycles. The second kappa shape index (κ2) is 6.89. The minimum Gasteiger partial charge on any atom is -0.493 e. The topological polar surface area (TPSA) is 107 Å². The van der Waals surface area contributed by atoms with Gasteiger partial charge in [0.2, 0.25) is 0 Å². The number of aromatic amines is 1. The number of anilines is 1.